The molecule has 2 N–H and O–H groups in total. The van der Waals surface area contributed by atoms with Gasteiger partial charge in [-0.25, -0.2) is 0 Å². The smallest absolute Gasteiger partial charge is 0.119 e. The van der Waals surface area contributed by atoms with Crippen molar-refractivity contribution < 1.29 is 4.74 Å². The average Bonchev–Trinajstić information content (AvgIpc) is 2.16. The van der Waals surface area contributed by atoms with Crippen molar-refractivity contribution in [3.63, 3.8) is 0 Å². The SMILES string of the molecule is COc1ccc2c(c1)CCC(C)(N)C2. The lowest BCUT2D eigenvalue weighted by Crippen LogP contribution is -2.41. The van der Waals surface area contributed by atoms with E-state index >= 15 is 0 Å². The number of methoxy groups -OCH3 is 1. The second-order valence-corrected chi connectivity index (χ2v) is 4.47. The first-order valence-corrected chi connectivity index (χ1v) is 5.05. The van der Waals surface area contributed by atoms with Crippen LogP contribution in [0.4, 0.5) is 0 Å². The van der Waals surface area contributed by atoms with Crippen LogP contribution in [0.2, 0.25) is 0 Å². The van der Waals surface area contributed by atoms with Crippen molar-refractivity contribution in [2.24, 2.45) is 5.73 Å². The van der Waals surface area contributed by atoms with Crippen molar-refractivity contribution in [2.45, 2.75) is 31.7 Å². The third-order valence-electron chi connectivity index (χ3n) is 2.97. The summed E-state index contributed by atoms with van der Waals surface area (Å²) in [7, 11) is 1.71. The fourth-order valence-corrected chi connectivity index (χ4v) is 2.08. The lowest BCUT2D eigenvalue weighted by molar-refractivity contribution is 0.398. The zero-order valence-electron chi connectivity index (χ0n) is 8.84. The summed E-state index contributed by atoms with van der Waals surface area (Å²) in [6.45, 7) is 2.13. The normalized spacial score (nSPS) is 25.6. The number of ether oxygens (including phenoxy) is 1. The van der Waals surface area contributed by atoms with Gasteiger partial charge in [-0.15, -0.1) is 0 Å². The second kappa shape index (κ2) is 3.28. The highest BCUT2D eigenvalue weighted by Gasteiger charge is 2.25. The Morgan fingerprint density at radius 3 is 2.86 bits per heavy atom. The number of hydrogen-bond donors (Lipinski definition) is 1. The Balaban J connectivity index is 2.32. The lowest BCUT2D eigenvalue weighted by Gasteiger charge is -2.31. The van der Waals surface area contributed by atoms with E-state index in [1.165, 1.54) is 11.1 Å². The highest BCUT2D eigenvalue weighted by atomic mass is 16.5. The summed E-state index contributed by atoms with van der Waals surface area (Å²) in [5.41, 5.74) is 8.88. The monoisotopic (exact) mass is 191 g/mol. The maximum absolute atomic E-state index is 6.13. The van der Waals surface area contributed by atoms with E-state index in [0.717, 1.165) is 25.0 Å². The Kier molecular flexibility index (Phi) is 2.23. The molecule has 0 saturated carbocycles. The fraction of sp³-hybridized carbons (Fsp3) is 0.500. The predicted molar refractivity (Wildman–Crippen MR) is 57.6 cm³/mol. The first kappa shape index (κ1) is 9.53. The van der Waals surface area contributed by atoms with E-state index in [2.05, 4.69) is 19.1 Å². The van der Waals surface area contributed by atoms with Gasteiger partial charge in [-0.05, 0) is 49.4 Å². The molecule has 0 saturated heterocycles. The molecule has 0 radical (unpaired) electrons. The van der Waals surface area contributed by atoms with Crippen LogP contribution in [0.25, 0.3) is 0 Å². The molecule has 0 amide bonds. The highest BCUT2D eigenvalue weighted by molar-refractivity contribution is 5.38. The number of benzene rings is 1. The largest absolute Gasteiger partial charge is 0.497 e. The quantitative estimate of drug-likeness (QED) is 0.736. The van der Waals surface area contributed by atoms with Crippen LogP contribution in [-0.4, -0.2) is 12.6 Å². The average molecular weight is 191 g/mol. The number of rotatable bonds is 1. The molecule has 0 bridgehead atoms. The summed E-state index contributed by atoms with van der Waals surface area (Å²) in [5, 5.41) is 0. The molecule has 76 valence electrons. The molecular weight excluding hydrogens is 174 g/mol. The van der Waals surface area contributed by atoms with E-state index in [1.54, 1.807) is 7.11 Å². The molecule has 14 heavy (non-hydrogen) atoms. The molecule has 0 spiro atoms. The number of fused-ring (bicyclic) bond motifs is 1. The summed E-state index contributed by atoms with van der Waals surface area (Å²) >= 11 is 0. The van der Waals surface area contributed by atoms with Gasteiger partial charge in [0.1, 0.15) is 5.75 Å². The zero-order valence-corrected chi connectivity index (χ0v) is 8.84. The molecule has 2 rings (SSSR count). The van der Waals surface area contributed by atoms with Crippen molar-refractivity contribution >= 4 is 0 Å². The summed E-state index contributed by atoms with van der Waals surface area (Å²) < 4.78 is 5.20. The number of aryl methyl sites for hydroxylation is 1. The Morgan fingerprint density at radius 1 is 1.36 bits per heavy atom. The molecule has 1 unspecified atom stereocenters. The fourth-order valence-electron chi connectivity index (χ4n) is 2.08. The predicted octanol–water partition coefficient (Wildman–Crippen LogP) is 1.90. The Labute approximate surface area is 85.1 Å². The zero-order chi connectivity index (χ0) is 10.2. The van der Waals surface area contributed by atoms with Gasteiger partial charge >= 0.3 is 0 Å². The first-order valence-electron chi connectivity index (χ1n) is 5.05. The van der Waals surface area contributed by atoms with Crippen LogP contribution in [0, 0.1) is 0 Å². The molecule has 1 aliphatic carbocycles. The first-order chi connectivity index (χ1) is 6.61. The van der Waals surface area contributed by atoms with Crippen LogP contribution in [0.15, 0.2) is 18.2 Å². The molecule has 1 atom stereocenters. The van der Waals surface area contributed by atoms with Gasteiger partial charge in [-0.2, -0.15) is 0 Å². The minimum absolute atomic E-state index is 0.0262. The molecule has 1 aromatic carbocycles. The van der Waals surface area contributed by atoms with Crippen molar-refractivity contribution in [3.05, 3.63) is 29.3 Å². The van der Waals surface area contributed by atoms with Gasteiger partial charge in [0.15, 0.2) is 0 Å². The maximum atomic E-state index is 6.13. The van der Waals surface area contributed by atoms with Crippen LogP contribution >= 0.6 is 0 Å². The van der Waals surface area contributed by atoms with Gasteiger partial charge in [0.2, 0.25) is 0 Å². The van der Waals surface area contributed by atoms with Gasteiger partial charge in [0, 0.05) is 5.54 Å². The number of nitrogens with two attached hydrogens (primary N) is 1. The Bertz CT molecular complexity index is 344. The van der Waals surface area contributed by atoms with Gasteiger partial charge in [-0.1, -0.05) is 6.07 Å². The molecule has 0 aliphatic heterocycles. The van der Waals surface area contributed by atoms with Crippen molar-refractivity contribution in [1.29, 1.82) is 0 Å². The van der Waals surface area contributed by atoms with Crippen LogP contribution in [0.3, 0.4) is 0 Å². The molecule has 2 nitrogen and oxygen atoms in total. The van der Waals surface area contributed by atoms with Crippen molar-refractivity contribution in [3.8, 4) is 5.75 Å². The minimum atomic E-state index is -0.0262. The molecule has 0 fully saturated rings. The second-order valence-electron chi connectivity index (χ2n) is 4.47. The van der Waals surface area contributed by atoms with E-state index in [0.29, 0.717) is 0 Å². The maximum Gasteiger partial charge on any atom is 0.119 e. The van der Waals surface area contributed by atoms with Crippen LogP contribution < -0.4 is 10.5 Å². The molecule has 0 aromatic heterocycles. The van der Waals surface area contributed by atoms with Crippen molar-refractivity contribution in [2.75, 3.05) is 7.11 Å². The van der Waals surface area contributed by atoms with Gasteiger partial charge in [-0.3, -0.25) is 0 Å². The molecule has 2 heteroatoms. The van der Waals surface area contributed by atoms with E-state index in [1.807, 2.05) is 6.07 Å². The Morgan fingerprint density at radius 2 is 2.14 bits per heavy atom. The standard InChI is InChI=1S/C12H17NO/c1-12(13)6-5-9-7-11(14-2)4-3-10(9)8-12/h3-4,7H,5-6,8,13H2,1-2H3. The van der Waals surface area contributed by atoms with E-state index in [4.69, 9.17) is 10.5 Å². The van der Waals surface area contributed by atoms with Gasteiger partial charge < -0.3 is 10.5 Å². The highest BCUT2D eigenvalue weighted by Crippen LogP contribution is 2.29. The third kappa shape index (κ3) is 1.75. The molecule has 1 aliphatic rings. The van der Waals surface area contributed by atoms with E-state index < -0.39 is 0 Å². The van der Waals surface area contributed by atoms with Crippen LogP contribution in [0.1, 0.15) is 24.5 Å². The molecule has 0 heterocycles. The topological polar surface area (TPSA) is 35.2 Å². The summed E-state index contributed by atoms with van der Waals surface area (Å²) in [6, 6.07) is 6.28. The summed E-state index contributed by atoms with van der Waals surface area (Å²) in [6.07, 6.45) is 3.11. The number of hydrogen-bond acceptors (Lipinski definition) is 2. The van der Waals surface area contributed by atoms with Crippen LogP contribution in [0.5, 0.6) is 5.75 Å². The van der Waals surface area contributed by atoms with E-state index in [-0.39, 0.29) is 5.54 Å². The summed E-state index contributed by atoms with van der Waals surface area (Å²) in [4.78, 5) is 0. The molecular formula is C12H17NO. The minimum Gasteiger partial charge on any atom is -0.497 e. The summed E-state index contributed by atoms with van der Waals surface area (Å²) in [5.74, 6) is 0.948. The third-order valence-corrected chi connectivity index (χ3v) is 2.97. The lowest BCUT2D eigenvalue weighted by atomic mass is 9.80. The van der Waals surface area contributed by atoms with Crippen molar-refractivity contribution in [1.82, 2.24) is 0 Å². The Hall–Kier alpha value is -1.02. The van der Waals surface area contributed by atoms with Gasteiger partial charge in [0.25, 0.3) is 0 Å². The van der Waals surface area contributed by atoms with Crippen LogP contribution in [-0.2, 0) is 12.8 Å². The molecule has 1 aromatic rings. The van der Waals surface area contributed by atoms with E-state index in [9.17, 15) is 0 Å². The van der Waals surface area contributed by atoms with Gasteiger partial charge in [0.05, 0.1) is 7.11 Å².